The van der Waals surface area contributed by atoms with E-state index < -0.39 is 0 Å². The second-order valence-electron chi connectivity index (χ2n) is 6.02. The van der Waals surface area contributed by atoms with Crippen molar-refractivity contribution in [1.29, 1.82) is 0 Å². The van der Waals surface area contributed by atoms with Crippen LogP contribution in [0.15, 0.2) is 16.9 Å². The average Bonchev–Trinajstić information content (AvgIpc) is 2.95. The molecular weight excluding hydrogens is 410 g/mol. The molecule has 25 heavy (non-hydrogen) atoms. The highest BCUT2D eigenvalue weighted by Gasteiger charge is 2.23. The number of hydrogen-bond acceptors (Lipinski definition) is 5. The molecule has 1 aliphatic rings. The molecule has 1 saturated heterocycles. The van der Waals surface area contributed by atoms with Gasteiger partial charge in [0, 0.05) is 38.6 Å². The smallest absolute Gasteiger partial charge is 0.226 e. The Morgan fingerprint density at radius 1 is 1.60 bits per heavy atom. The summed E-state index contributed by atoms with van der Waals surface area (Å²) in [5, 5.41) is 3.86. The first-order chi connectivity index (χ1) is 11.6. The number of aromatic amines is 1. The Labute approximate surface area is 161 Å². The van der Waals surface area contributed by atoms with Crippen LogP contribution in [0.1, 0.15) is 19.3 Å². The Balaban J connectivity index is 0.00000225. The molecule has 7 nitrogen and oxygen atoms in total. The minimum atomic E-state index is -0.0842. The Morgan fingerprint density at radius 2 is 2.40 bits per heavy atom. The molecule has 1 amide bonds. The maximum atomic E-state index is 12.1. The molecule has 2 aromatic rings. The minimum Gasteiger partial charge on any atom is -0.384 e. The number of nitrogens with zero attached hydrogens (tertiary/aromatic N) is 2. The molecule has 3 heterocycles. The quantitative estimate of drug-likeness (QED) is 0.675. The fourth-order valence-corrected chi connectivity index (χ4v) is 3.64. The summed E-state index contributed by atoms with van der Waals surface area (Å²) < 4.78 is 5.86. The van der Waals surface area contributed by atoms with Crippen LogP contribution in [0.25, 0.3) is 11.0 Å². The monoisotopic (exact) mass is 431 g/mol. The van der Waals surface area contributed by atoms with Crippen molar-refractivity contribution in [2.24, 2.45) is 5.73 Å². The summed E-state index contributed by atoms with van der Waals surface area (Å²) in [5.41, 5.74) is 8.64. The lowest BCUT2D eigenvalue weighted by atomic mass is 10.1. The molecule has 2 aromatic heterocycles. The van der Waals surface area contributed by atoms with Crippen molar-refractivity contribution in [2.75, 3.05) is 37.0 Å². The number of amides is 1. The highest BCUT2D eigenvalue weighted by Crippen LogP contribution is 2.38. The molecule has 0 aromatic carbocycles. The average molecular weight is 433 g/mol. The summed E-state index contributed by atoms with van der Waals surface area (Å²) in [5.74, 6) is -0.0842. The molecular formula is C16H23BrClN5O2. The lowest BCUT2D eigenvalue weighted by molar-refractivity contribution is -0.117. The number of nitrogens with two attached hydrogens (primary N) is 1. The molecule has 0 bridgehead atoms. The van der Waals surface area contributed by atoms with E-state index in [-0.39, 0.29) is 24.4 Å². The van der Waals surface area contributed by atoms with Gasteiger partial charge in [0.2, 0.25) is 5.91 Å². The third-order valence-corrected chi connectivity index (χ3v) is 4.79. The maximum absolute atomic E-state index is 12.1. The Morgan fingerprint density at radius 3 is 3.12 bits per heavy atom. The van der Waals surface area contributed by atoms with Crippen LogP contribution in [-0.4, -0.2) is 48.7 Å². The highest BCUT2D eigenvalue weighted by molar-refractivity contribution is 9.10. The van der Waals surface area contributed by atoms with E-state index in [4.69, 9.17) is 10.5 Å². The van der Waals surface area contributed by atoms with Crippen LogP contribution in [-0.2, 0) is 9.53 Å². The number of hydrogen-bond donors (Lipinski definition) is 3. The summed E-state index contributed by atoms with van der Waals surface area (Å²) in [4.78, 5) is 21.9. The minimum absolute atomic E-state index is 0. The van der Waals surface area contributed by atoms with Gasteiger partial charge in [-0.3, -0.25) is 4.79 Å². The molecule has 1 unspecified atom stereocenters. The highest BCUT2D eigenvalue weighted by atomic mass is 79.9. The van der Waals surface area contributed by atoms with Crippen LogP contribution >= 0.6 is 28.3 Å². The zero-order valence-corrected chi connectivity index (χ0v) is 16.5. The van der Waals surface area contributed by atoms with E-state index >= 15 is 0 Å². The Kier molecular flexibility index (Phi) is 7.06. The third-order valence-electron chi connectivity index (χ3n) is 4.21. The number of aromatic nitrogens is 2. The molecule has 9 heteroatoms. The van der Waals surface area contributed by atoms with Crippen LogP contribution in [0.2, 0.25) is 0 Å². The largest absolute Gasteiger partial charge is 0.384 e. The van der Waals surface area contributed by atoms with E-state index in [1.165, 1.54) is 0 Å². The number of H-pyrrole nitrogens is 1. The second kappa shape index (κ2) is 8.84. The van der Waals surface area contributed by atoms with Crippen LogP contribution in [0, 0.1) is 0 Å². The predicted octanol–water partition coefficient (Wildman–Crippen LogP) is 2.65. The van der Waals surface area contributed by atoms with Gasteiger partial charge in [-0.05, 0) is 28.8 Å². The number of nitrogens with one attached hydrogen (secondary N) is 2. The molecule has 3 rings (SSSR count). The summed E-state index contributed by atoms with van der Waals surface area (Å²) in [7, 11) is 1.58. The number of ether oxygens (including phenoxy) is 1. The number of carbonyl (C=O) groups excluding carboxylic acids is 1. The van der Waals surface area contributed by atoms with Crippen LogP contribution in [0.4, 0.5) is 11.4 Å². The zero-order chi connectivity index (χ0) is 17.1. The van der Waals surface area contributed by atoms with Crippen molar-refractivity contribution >= 4 is 56.7 Å². The van der Waals surface area contributed by atoms with Crippen molar-refractivity contribution in [3.05, 3.63) is 16.9 Å². The number of methoxy groups -OCH3 is 1. The van der Waals surface area contributed by atoms with Gasteiger partial charge >= 0.3 is 0 Å². The third kappa shape index (κ3) is 4.44. The fourth-order valence-electron chi connectivity index (χ4n) is 3.08. The van der Waals surface area contributed by atoms with Gasteiger partial charge in [-0.1, -0.05) is 0 Å². The lowest BCUT2D eigenvalue weighted by Gasteiger charge is -2.33. The molecule has 1 fully saturated rings. The maximum Gasteiger partial charge on any atom is 0.226 e. The number of pyridine rings is 1. The van der Waals surface area contributed by atoms with Crippen molar-refractivity contribution in [3.63, 3.8) is 0 Å². The van der Waals surface area contributed by atoms with Gasteiger partial charge in [-0.15, -0.1) is 12.4 Å². The fraction of sp³-hybridized carbons (Fsp3) is 0.500. The Hall–Kier alpha value is -1.35. The SMILES string of the molecule is COCCC(=O)Nc1c[nH]c2ncc(Br)c(N3CCCC(N)C3)c12.Cl. The first kappa shape index (κ1) is 20.0. The number of halogens is 2. The molecule has 0 radical (unpaired) electrons. The van der Waals surface area contributed by atoms with Gasteiger partial charge in [-0.25, -0.2) is 4.98 Å². The van der Waals surface area contributed by atoms with Crippen molar-refractivity contribution < 1.29 is 9.53 Å². The van der Waals surface area contributed by atoms with E-state index in [1.54, 1.807) is 19.5 Å². The van der Waals surface area contributed by atoms with E-state index in [2.05, 4.69) is 36.1 Å². The summed E-state index contributed by atoms with van der Waals surface area (Å²) in [6.45, 7) is 2.12. The van der Waals surface area contributed by atoms with Crippen molar-refractivity contribution in [3.8, 4) is 0 Å². The standard InChI is InChI=1S/C16H22BrN5O2.ClH/c1-24-6-4-13(23)21-12-8-20-16-14(12)15(11(17)7-19-16)22-5-2-3-10(18)9-22;/h7-8,10H,2-6,9,18H2,1H3,(H,19,20)(H,21,23);1H. The number of carbonyl (C=O) groups is 1. The molecule has 4 N–H and O–H groups in total. The van der Waals surface area contributed by atoms with Crippen molar-refractivity contribution in [2.45, 2.75) is 25.3 Å². The first-order valence-electron chi connectivity index (χ1n) is 8.05. The van der Waals surface area contributed by atoms with E-state index in [0.29, 0.717) is 13.0 Å². The summed E-state index contributed by atoms with van der Waals surface area (Å²) >= 11 is 3.61. The van der Waals surface area contributed by atoms with Crippen LogP contribution in [0.3, 0.4) is 0 Å². The second-order valence-corrected chi connectivity index (χ2v) is 6.87. The number of rotatable bonds is 5. The van der Waals surface area contributed by atoms with Gasteiger partial charge in [0.1, 0.15) is 5.65 Å². The molecule has 1 aliphatic heterocycles. The van der Waals surface area contributed by atoms with Gasteiger partial charge in [-0.2, -0.15) is 0 Å². The molecule has 1 atom stereocenters. The van der Waals surface area contributed by atoms with Crippen LogP contribution in [0.5, 0.6) is 0 Å². The number of anilines is 2. The molecule has 0 spiro atoms. The van der Waals surface area contributed by atoms with Crippen LogP contribution < -0.4 is 16.0 Å². The van der Waals surface area contributed by atoms with Crippen molar-refractivity contribution in [1.82, 2.24) is 9.97 Å². The molecule has 0 saturated carbocycles. The topological polar surface area (TPSA) is 96.3 Å². The van der Waals surface area contributed by atoms with Gasteiger partial charge < -0.3 is 25.7 Å². The first-order valence-corrected chi connectivity index (χ1v) is 8.84. The van der Waals surface area contributed by atoms with Gasteiger partial charge in [0.25, 0.3) is 0 Å². The zero-order valence-electron chi connectivity index (χ0n) is 14.0. The van der Waals surface area contributed by atoms with E-state index in [9.17, 15) is 4.79 Å². The summed E-state index contributed by atoms with van der Waals surface area (Å²) in [6.07, 6.45) is 5.97. The molecule has 138 valence electrons. The van der Waals surface area contributed by atoms with Gasteiger partial charge in [0.05, 0.1) is 34.3 Å². The Bertz CT molecular complexity index is 739. The predicted molar refractivity (Wildman–Crippen MR) is 106 cm³/mol. The lowest BCUT2D eigenvalue weighted by Crippen LogP contribution is -2.43. The number of fused-ring (bicyclic) bond motifs is 1. The van der Waals surface area contributed by atoms with E-state index in [0.717, 1.165) is 52.8 Å². The summed E-state index contributed by atoms with van der Waals surface area (Å²) in [6, 6.07) is 0.160. The van der Waals surface area contributed by atoms with Gasteiger partial charge in [0.15, 0.2) is 0 Å². The van der Waals surface area contributed by atoms with E-state index in [1.807, 2.05) is 0 Å². The normalized spacial score (nSPS) is 17.4. The number of piperidine rings is 1. The molecule has 0 aliphatic carbocycles.